The SMILES string of the molecule is COc1ccc(Nc2cc(-c3cccc(OC(F)(F)F)c3)nc(NC3CC3)n2)cc1F. The van der Waals surface area contributed by atoms with E-state index in [1.807, 2.05) is 0 Å². The van der Waals surface area contributed by atoms with Crippen molar-refractivity contribution in [1.29, 1.82) is 0 Å². The van der Waals surface area contributed by atoms with Crippen molar-refractivity contribution in [1.82, 2.24) is 9.97 Å². The molecule has 0 saturated heterocycles. The molecule has 1 aliphatic carbocycles. The maximum Gasteiger partial charge on any atom is 0.573 e. The Labute approximate surface area is 175 Å². The molecule has 6 nitrogen and oxygen atoms in total. The van der Waals surface area contributed by atoms with Crippen LogP contribution in [0.2, 0.25) is 0 Å². The van der Waals surface area contributed by atoms with Gasteiger partial charge >= 0.3 is 6.36 Å². The minimum absolute atomic E-state index is 0.103. The van der Waals surface area contributed by atoms with E-state index in [1.165, 1.54) is 37.4 Å². The number of methoxy groups -OCH3 is 1. The Morgan fingerprint density at radius 1 is 1.03 bits per heavy atom. The van der Waals surface area contributed by atoms with Crippen molar-refractivity contribution < 1.29 is 27.0 Å². The molecule has 0 bridgehead atoms. The predicted molar refractivity (Wildman–Crippen MR) is 107 cm³/mol. The smallest absolute Gasteiger partial charge is 0.494 e. The molecule has 0 atom stereocenters. The third kappa shape index (κ3) is 5.53. The standard InChI is InChI=1S/C21H18F4N4O2/c1-30-18-8-7-14(10-16(18)22)26-19-11-17(28-20(29-19)27-13-5-6-13)12-3-2-4-15(9-12)31-21(23,24)25/h2-4,7-11,13H,5-6H2,1H3,(H2,26,27,28,29). The van der Waals surface area contributed by atoms with Crippen LogP contribution in [0.25, 0.3) is 11.3 Å². The highest BCUT2D eigenvalue weighted by atomic mass is 19.4. The first-order chi connectivity index (χ1) is 14.8. The van der Waals surface area contributed by atoms with Crippen molar-refractivity contribution >= 4 is 17.5 Å². The molecule has 0 radical (unpaired) electrons. The zero-order valence-electron chi connectivity index (χ0n) is 16.3. The van der Waals surface area contributed by atoms with E-state index in [1.54, 1.807) is 18.2 Å². The second-order valence-electron chi connectivity index (χ2n) is 6.93. The van der Waals surface area contributed by atoms with E-state index in [0.29, 0.717) is 28.7 Å². The summed E-state index contributed by atoms with van der Waals surface area (Å²) < 4.78 is 60.7. The van der Waals surface area contributed by atoms with Gasteiger partial charge in [0.15, 0.2) is 11.6 Å². The van der Waals surface area contributed by atoms with E-state index in [0.717, 1.165) is 12.8 Å². The molecule has 1 aliphatic rings. The Bertz CT molecular complexity index is 1090. The topological polar surface area (TPSA) is 68.3 Å². The van der Waals surface area contributed by atoms with Crippen molar-refractivity contribution in [2.45, 2.75) is 25.2 Å². The third-order valence-corrected chi connectivity index (χ3v) is 4.42. The van der Waals surface area contributed by atoms with Crippen LogP contribution in [0.3, 0.4) is 0 Å². The fraction of sp³-hybridized carbons (Fsp3) is 0.238. The van der Waals surface area contributed by atoms with E-state index >= 15 is 0 Å². The molecule has 31 heavy (non-hydrogen) atoms. The Hall–Kier alpha value is -3.56. The molecule has 1 heterocycles. The summed E-state index contributed by atoms with van der Waals surface area (Å²) in [7, 11) is 1.37. The highest BCUT2D eigenvalue weighted by Gasteiger charge is 2.31. The number of nitrogens with one attached hydrogen (secondary N) is 2. The molecule has 162 valence electrons. The van der Waals surface area contributed by atoms with Crippen LogP contribution in [0.1, 0.15) is 12.8 Å². The van der Waals surface area contributed by atoms with Gasteiger partial charge in [-0.3, -0.25) is 0 Å². The number of ether oxygens (including phenoxy) is 2. The molecular weight excluding hydrogens is 416 g/mol. The van der Waals surface area contributed by atoms with Gasteiger partial charge in [0.25, 0.3) is 0 Å². The summed E-state index contributed by atoms with van der Waals surface area (Å²) in [6, 6.07) is 11.7. The number of rotatable bonds is 7. The van der Waals surface area contributed by atoms with Crippen LogP contribution in [0.5, 0.6) is 11.5 Å². The Balaban J connectivity index is 1.66. The third-order valence-electron chi connectivity index (χ3n) is 4.42. The molecule has 0 unspecified atom stereocenters. The fourth-order valence-corrected chi connectivity index (χ4v) is 2.88. The molecule has 1 saturated carbocycles. The summed E-state index contributed by atoms with van der Waals surface area (Å²) >= 11 is 0. The number of nitrogens with zero attached hydrogens (tertiary/aromatic N) is 2. The zero-order valence-corrected chi connectivity index (χ0v) is 16.3. The maximum absolute atomic E-state index is 14.0. The van der Waals surface area contributed by atoms with Crippen LogP contribution >= 0.6 is 0 Å². The molecule has 0 amide bonds. The van der Waals surface area contributed by atoms with Crippen molar-refractivity contribution in [2.24, 2.45) is 0 Å². The van der Waals surface area contributed by atoms with Crippen molar-refractivity contribution in [3.05, 3.63) is 54.3 Å². The van der Waals surface area contributed by atoms with Crippen LogP contribution in [0, 0.1) is 5.82 Å². The molecule has 0 aliphatic heterocycles. The minimum Gasteiger partial charge on any atom is -0.494 e. The number of alkyl halides is 3. The Morgan fingerprint density at radius 3 is 2.52 bits per heavy atom. The first-order valence-corrected chi connectivity index (χ1v) is 9.41. The lowest BCUT2D eigenvalue weighted by Crippen LogP contribution is -2.17. The maximum atomic E-state index is 14.0. The molecule has 1 aromatic heterocycles. The predicted octanol–water partition coefficient (Wildman–Crippen LogP) is 5.51. The molecule has 3 aromatic rings. The monoisotopic (exact) mass is 434 g/mol. The lowest BCUT2D eigenvalue weighted by atomic mass is 10.1. The summed E-state index contributed by atoms with van der Waals surface area (Å²) in [6.07, 6.45) is -2.84. The second kappa shape index (κ2) is 8.29. The molecular formula is C21H18F4N4O2. The van der Waals surface area contributed by atoms with E-state index in [-0.39, 0.29) is 17.5 Å². The van der Waals surface area contributed by atoms with Crippen LogP contribution in [-0.4, -0.2) is 29.5 Å². The van der Waals surface area contributed by atoms with Gasteiger partial charge < -0.3 is 20.1 Å². The number of halogens is 4. The van der Waals surface area contributed by atoms with Gasteiger partial charge in [0.2, 0.25) is 5.95 Å². The van der Waals surface area contributed by atoms with Crippen LogP contribution in [0.4, 0.5) is 35.0 Å². The van der Waals surface area contributed by atoms with Gasteiger partial charge in [0.05, 0.1) is 12.8 Å². The highest BCUT2D eigenvalue weighted by molar-refractivity contribution is 5.68. The fourth-order valence-electron chi connectivity index (χ4n) is 2.88. The Morgan fingerprint density at radius 2 is 1.84 bits per heavy atom. The molecule has 0 spiro atoms. The van der Waals surface area contributed by atoms with Crippen molar-refractivity contribution in [3.63, 3.8) is 0 Å². The molecule has 1 fully saturated rings. The number of anilines is 3. The van der Waals surface area contributed by atoms with Gasteiger partial charge in [-0.05, 0) is 37.1 Å². The molecule has 2 aromatic carbocycles. The first-order valence-electron chi connectivity index (χ1n) is 9.41. The summed E-state index contributed by atoms with van der Waals surface area (Å²) in [6.45, 7) is 0. The highest BCUT2D eigenvalue weighted by Crippen LogP contribution is 2.31. The van der Waals surface area contributed by atoms with E-state index < -0.39 is 12.2 Å². The summed E-state index contributed by atoms with van der Waals surface area (Å²) in [4.78, 5) is 8.81. The average molecular weight is 434 g/mol. The Kier molecular flexibility index (Phi) is 5.53. The van der Waals surface area contributed by atoms with E-state index in [4.69, 9.17) is 4.74 Å². The van der Waals surface area contributed by atoms with Gasteiger partial charge in [-0.15, -0.1) is 13.2 Å². The van der Waals surface area contributed by atoms with Crippen LogP contribution in [-0.2, 0) is 0 Å². The van der Waals surface area contributed by atoms with E-state index in [2.05, 4.69) is 25.3 Å². The van der Waals surface area contributed by atoms with Crippen LogP contribution in [0.15, 0.2) is 48.5 Å². The molecule has 4 rings (SSSR count). The van der Waals surface area contributed by atoms with Crippen LogP contribution < -0.4 is 20.1 Å². The number of benzene rings is 2. The number of hydrogen-bond acceptors (Lipinski definition) is 6. The van der Waals surface area contributed by atoms with Gasteiger partial charge in [-0.2, -0.15) is 4.98 Å². The normalized spacial score (nSPS) is 13.6. The van der Waals surface area contributed by atoms with Crippen molar-refractivity contribution in [2.75, 3.05) is 17.7 Å². The van der Waals surface area contributed by atoms with Gasteiger partial charge in [0.1, 0.15) is 11.6 Å². The van der Waals surface area contributed by atoms with Gasteiger partial charge in [-0.25, -0.2) is 9.37 Å². The second-order valence-corrected chi connectivity index (χ2v) is 6.93. The van der Waals surface area contributed by atoms with E-state index in [9.17, 15) is 17.6 Å². The van der Waals surface area contributed by atoms with Gasteiger partial charge in [-0.1, -0.05) is 12.1 Å². The largest absolute Gasteiger partial charge is 0.573 e. The van der Waals surface area contributed by atoms with Gasteiger partial charge in [0, 0.05) is 29.4 Å². The first kappa shape index (κ1) is 20.7. The molecule has 2 N–H and O–H groups in total. The summed E-state index contributed by atoms with van der Waals surface area (Å²) in [5.41, 5.74) is 1.21. The summed E-state index contributed by atoms with van der Waals surface area (Å²) in [5.74, 6) is -0.132. The minimum atomic E-state index is -4.80. The average Bonchev–Trinajstić information content (AvgIpc) is 3.51. The van der Waals surface area contributed by atoms with Crippen molar-refractivity contribution in [3.8, 4) is 22.8 Å². The number of hydrogen-bond donors (Lipinski definition) is 2. The lowest BCUT2D eigenvalue weighted by molar-refractivity contribution is -0.274. The molecule has 10 heteroatoms. The lowest BCUT2D eigenvalue weighted by Gasteiger charge is -2.13. The quantitative estimate of drug-likeness (QED) is 0.478. The number of aromatic nitrogens is 2. The summed E-state index contributed by atoms with van der Waals surface area (Å²) in [5, 5.41) is 6.16. The zero-order chi connectivity index (χ0) is 22.0.